The Bertz CT molecular complexity index is 575. The lowest BCUT2D eigenvalue weighted by Crippen LogP contribution is -2.13. The van der Waals surface area contributed by atoms with Gasteiger partial charge in [0.2, 0.25) is 5.16 Å². The van der Waals surface area contributed by atoms with Crippen LogP contribution in [-0.2, 0) is 16.1 Å². The van der Waals surface area contributed by atoms with Crippen molar-refractivity contribution >= 4 is 29.5 Å². The van der Waals surface area contributed by atoms with E-state index in [1.54, 1.807) is 0 Å². The molecule has 0 unspecified atom stereocenters. The Labute approximate surface area is 117 Å². The van der Waals surface area contributed by atoms with Crippen molar-refractivity contribution in [2.75, 3.05) is 13.4 Å². The van der Waals surface area contributed by atoms with Crippen LogP contribution in [0.25, 0.3) is 0 Å². The minimum Gasteiger partial charge on any atom is -0.468 e. The van der Waals surface area contributed by atoms with Crippen molar-refractivity contribution in [3.05, 3.63) is 12.4 Å². The van der Waals surface area contributed by atoms with E-state index in [0.717, 1.165) is 5.03 Å². The molecule has 0 saturated carbocycles. The van der Waals surface area contributed by atoms with Crippen molar-refractivity contribution in [2.24, 2.45) is 0 Å². The summed E-state index contributed by atoms with van der Waals surface area (Å²) < 4.78 is 5.93. The average Bonchev–Trinajstić information content (AvgIpc) is 2.86. The van der Waals surface area contributed by atoms with Gasteiger partial charge in [0.05, 0.1) is 7.11 Å². The molecule has 2 heterocycles. The van der Waals surface area contributed by atoms with Crippen LogP contribution in [0, 0.1) is 0 Å². The van der Waals surface area contributed by atoms with Gasteiger partial charge in [-0.05, 0) is 28.4 Å². The second-order valence-corrected chi connectivity index (χ2v) is 5.01. The molecule has 2 aromatic heterocycles. The molecule has 0 spiro atoms. The maximum Gasteiger partial charge on any atom is 0.327 e. The summed E-state index contributed by atoms with van der Waals surface area (Å²) in [6, 6.07) is 1.83. The van der Waals surface area contributed by atoms with E-state index in [4.69, 9.17) is 0 Å². The fraction of sp³-hybridized carbons (Fsp3) is 0.333. The first kappa shape index (κ1) is 13.7. The standard InChI is InChI=1S/C9H10N6O2S2/c1-17-8(16)4-15-9(12-13-14-15)19-7-3-6(18-2)10-5-11-7/h3,5H,4H2,1-2H3. The van der Waals surface area contributed by atoms with Crippen LogP contribution in [0.15, 0.2) is 27.6 Å². The number of carbonyl (C=O) groups is 1. The van der Waals surface area contributed by atoms with Gasteiger partial charge in [-0.1, -0.05) is 0 Å². The highest BCUT2D eigenvalue weighted by atomic mass is 32.2. The van der Waals surface area contributed by atoms with E-state index in [1.807, 2.05) is 12.3 Å². The Hall–Kier alpha value is -1.68. The van der Waals surface area contributed by atoms with Gasteiger partial charge in [0.25, 0.3) is 0 Å². The van der Waals surface area contributed by atoms with Crippen LogP contribution < -0.4 is 0 Å². The molecular formula is C9H10N6O2S2. The van der Waals surface area contributed by atoms with Crippen molar-refractivity contribution in [2.45, 2.75) is 21.8 Å². The second kappa shape index (κ2) is 6.48. The van der Waals surface area contributed by atoms with Crippen molar-refractivity contribution in [1.82, 2.24) is 30.2 Å². The Morgan fingerprint density at radius 1 is 1.42 bits per heavy atom. The van der Waals surface area contributed by atoms with Gasteiger partial charge < -0.3 is 4.74 Å². The summed E-state index contributed by atoms with van der Waals surface area (Å²) in [5, 5.41) is 13.1. The number of hydrogen-bond donors (Lipinski definition) is 0. The van der Waals surface area contributed by atoms with Crippen LogP contribution in [0.1, 0.15) is 0 Å². The van der Waals surface area contributed by atoms with Crippen molar-refractivity contribution in [3.8, 4) is 0 Å². The number of methoxy groups -OCH3 is 1. The normalized spacial score (nSPS) is 10.4. The Morgan fingerprint density at radius 2 is 2.21 bits per heavy atom. The molecule has 8 nitrogen and oxygen atoms in total. The maximum absolute atomic E-state index is 11.2. The van der Waals surface area contributed by atoms with E-state index in [-0.39, 0.29) is 6.54 Å². The minimum absolute atomic E-state index is 0.0354. The highest BCUT2D eigenvalue weighted by molar-refractivity contribution is 7.99. The molecule has 0 fully saturated rings. The molecule has 100 valence electrons. The first-order valence-corrected chi connectivity index (χ1v) is 7.14. The third kappa shape index (κ3) is 3.64. The number of nitrogens with zero attached hydrogens (tertiary/aromatic N) is 6. The fourth-order valence-corrected chi connectivity index (χ4v) is 2.34. The van der Waals surface area contributed by atoms with Gasteiger partial charge in [-0.2, -0.15) is 0 Å². The van der Waals surface area contributed by atoms with Crippen LogP contribution in [0.5, 0.6) is 0 Å². The summed E-state index contributed by atoms with van der Waals surface area (Å²) in [5.41, 5.74) is 0. The molecule has 0 atom stereocenters. The zero-order valence-corrected chi connectivity index (χ0v) is 11.8. The highest BCUT2D eigenvalue weighted by Gasteiger charge is 2.13. The third-order valence-electron chi connectivity index (χ3n) is 2.03. The number of tetrazole rings is 1. The number of carbonyl (C=O) groups excluding carboxylic acids is 1. The van der Waals surface area contributed by atoms with Crippen molar-refractivity contribution in [3.63, 3.8) is 0 Å². The number of hydrogen-bond acceptors (Lipinski definition) is 9. The Morgan fingerprint density at radius 3 is 2.95 bits per heavy atom. The second-order valence-electron chi connectivity index (χ2n) is 3.20. The largest absolute Gasteiger partial charge is 0.468 e. The zero-order chi connectivity index (χ0) is 13.7. The van der Waals surface area contributed by atoms with Crippen molar-refractivity contribution in [1.29, 1.82) is 0 Å². The molecule has 0 radical (unpaired) electrons. The predicted octanol–water partition coefficient (Wildman–Crippen LogP) is 0.509. The van der Waals surface area contributed by atoms with Gasteiger partial charge in [-0.15, -0.1) is 16.9 Å². The van der Waals surface area contributed by atoms with E-state index < -0.39 is 5.97 Å². The minimum atomic E-state index is -0.415. The van der Waals surface area contributed by atoms with Crippen LogP contribution in [0.4, 0.5) is 0 Å². The molecular weight excluding hydrogens is 288 g/mol. The van der Waals surface area contributed by atoms with Gasteiger partial charge in [-0.3, -0.25) is 4.79 Å². The molecule has 0 aromatic carbocycles. The molecule has 2 aromatic rings. The Kier molecular flexibility index (Phi) is 4.68. The quantitative estimate of drug-likeness (QED) is 0.444. The molecule has 0 N–H and O–H groups in total. The smallest absolute Gasteiger partial charge is 0.327 e. The first-order chi connectivity index (χ1) is 9.22. The number of aromatic nitrogens is 6. The predicted molar refractivity (Wildman–Crippen MR) is 67.8 cm³/mol. The molecule has 19 heavy (non-hydrogen) atoms. The first-order valence-electron chi connectivity index (χ1n) is 5.10. The Balaban J connectivity index is 2.14. The van der Waals surface area contributed by atoms with Gasteiger partial charge >= 0.3 is 5.97 Å². The van der Waals surface area contributed by atoms with Gasteiger partial charge in [-0.25, -0.2) is 14.6 Å². The van der Waals surface area contributed by atoms with E-state index in [9.17, 15) is 4.79 Å². The summed E-state index contributed by atoms with van der Waals surface area (Å²) in [5.74, 6) is -0.415. The summed E-state index contributed by atoms with van der Waals surface area (Å²) in [4.78, 5) is 19.4. The van der Waals surface area contributed by atoms with Gasteiger partial charge in [0.15, 0.2) is 0 Å². The van der Waals surface area contributed by atoms with Crippen molar-refractivity contribution < 1.29 is 9.53 Å². The highest BCUT2D eigenvalue weighted by Crippen LogP contribution is 2.25. The van der Waals surface area contributed by atoms with Crippen LogP contribution in [0.3, 0.4) is 0 Å². The van der Waals surface area contributed by atoms with Crippen LogP contribution in [0.2, 0.25) is 0 Å². The van der Waals surface area contributed by atoms with E-state index >= 15 is 0 Å². The van der Waals surface area contributed by atoms with E-state index in [2.05, 4.69) is 30.2 Å². The molecule has 10 heteroatoms. The summed E-state index contributed by atoms with van der Waals surface area (Å²) in [6.45, 7) is -0.0354. The lowest BCUT2D eigenvalue weighted by Gasteiger charge is -2.03. The number of ether oxygens (including phenoxy) is 1. The average molecular weight is 298 g/mol. The lowest BCUT2D eigenvalue weighted by molar-refractivity contribution is -0.141. The maximum atomic E-state index is 11.2. The summed E-state index contributed by atoms with van der Waals surface area (Å²) in [7, 11) is 1.31. The molecule has 0 saturated heterocycles. The lowest BCUT2D eigenvalue weighted by atomic mass is 10.7. The van der Waals surface area contributed by atoms with Crippen LogP contribution in [-0.4, -0.2) is 49.5 Å². The monoisotopic (exact) mass is 298 g/mol. The molecule has 0 aliphatic carbocycles. The fourth-order valence-electron chi connectivity index (χ4n) is 1.14. The van der Waals surface area contributed by atoms with Gasteiger partial charge in [0, 0.05) is 6.07 Å². The molecule has 0 bridgehead atoms. The van der Waals surface area contributed by atoms with Gasteiger partial charge in [0.1, 0.15) is 22.9 Å². The SMILES string of the molecule is COC(=O)Cn1nnnc1Sc1cc(SC)ncn1. The molecule has 0 aliphatic rings. The number of rotatable bonds is 5. The summed E-state index contributed by atoms with van der Waals surface area (Å²) >= 11 is 2.77. The number of esters is 1. The molecule has 2 rings (SSSR count). The zero-order valence-electron chi connectivity index (χ0n) is 10.2. The molecule has 0 amide bonds. The van der Waals surface area contributed by atoms with E-state index in [0.29, 0.717) is 10.2 Å². The topological polar surface area (TPSA) is 95.7 Å². The van der Waals surface area contributed by atoms with E-state index in [1.165, 1.54) is 41.6 Å². The number of thioether (sulfide) groups is 1. The van der Waals surface area contributed by atoms with Crippen LogP contribution >= 0.6 is 23.5 Å². The molecule has 0 aliphatic heterocycles. The third-order valence-corrected chi connectivity index (χ3v) is 3.58. The summed E-state index contributed by atoms with van der Waals surface area (Å²) in [6.07, 6.45) is 3.40.